The number of nitrogens with one attached hydrogen (secondary N) is 1. The summed E-state index contributed by atoms with van der Waals surface area (Å²) in [5, 5.41) is 7.30. The van der Waals surface area contributed by atoms with Crippen LogP contribution in [0.4, 0.5) is 4.39 Å². The molecule has 2 aliphatic rings. The molecule has 2 fully saturated rings. The molecule has 1 saturated heterocycles. The second-order valence-electron chi connectivity index (χ2n) is 11.1. The normalized spacial score (nSPS) is 16.9. The fourth-order valence-corrected chi connectivity index (χ4v) is 5.69. The van der Waals surface area contributed by atoms with Crippen LogP contribution in [0, 0.1) is 11.7 Å². The highest BCUT2D eigenvalue weighted by molar-refractivity contribution is 6.30. The van der Waals surface area contributed by atoms with Gasteiger partial charge in [0.1, 0.15) is 17.6 Å². The van der Waals surface area contributed by atoms with Crippen LogP contribution in [-0.4, -0.2) is 77.1 Å². The molecule has 1 aliphatic carbocycles. The van der Waals surface area contributed by atoms with Crippen molar-refractivity contribution in [1.29, 1.82) is 0 Å². The molecule has 0 unspecified atom stereocenters. The van der Waals surface area contributed by atoms with E-state index in [1.54, 1.807) is 48.2 Å². The fraction of sp³-hybridized carbons (Fsp3) is 0.484. The molecule has 3 aromatic rings. The predicted octanol–water partition coefficient (Wildman–Crippen LogP) is 4.99. The Balaban J connectivity index is 1.00. The Morgan fingerprint density at radius 2 is 1.86 bits per heavy atom. The highest BCUT2D eigenvalue weighted by atomic mass is 35.5. The smallest absolute Gasteiger partial charge is 0.251 e. The largest absolute Gasteiger partial charge is 0.493 e. The van der Waals surface area contributed by atoms with Gasteiger partial charge in [-0.2, -0.15) is 4.98 Å². The van der Waals surface area contributed by atoms with E-state index in [1.165, 1.54) is 31.7 Å². The van der Waals surface area contributed by atoms with Crippen molar-refractivity contribution in [2.45, 2.75) is 51.5 Å². The van der Waals surface area contributed by atoms with Crippen LogP contribution >= 0.6 is 11.6 Å². The molecule has 224 valence electrons. The van der Waals surface area contributed by atoms with Crippen molar-refractivity contribution in [3.63, 3.8) is 0 Å². The van der Waals surface area contributed by atoms with Crippen molar-refractivity contribution >= 4 is 23.4 Å². The number of hydrogen-bond acceptors (Lipinski definition) is 7. The number of carbonyl (C=O) groups is 2. The maximum Gasteiger partial charge on any atom is 0.251 e. The monoisotopic (exact) mass is 597 g/mol. The van der Waals surface area contributed by atoms with Crippen molar-refractivity contribution in [1.82, 2.24) is 25.3 Å². The Kier molecular flexibility index (Phi) is 10.1. The Hall–Kier alpha value is -3.50. The lowest BCUT2D eigenvalue weighted by atomic mass is 10.0. The zero-order valence-corrected chi connectivity index (χ0v) is 24.6. The molecule has 42 heavy (non-hydrogen) atoms. The summed E-state index contributed by atoms with van der Waals surface area (Å²) in [6.07, 6.45) is 6.37. The Bertz CT molecular complexity index is 1350. The zero-order chi connectivity index (χ0) is 29.5. The maximum absolute atomic E-state index is 14.8. The summed E-state index contributed by atoms with van der Waals surface area (Å²) in [5.41, 5.74) is 0.759. The topological polar surface area (TPSA) is 101 Å². The van der Waals surface area contributed by atoms with E-state index < -0.39 is 11.9 Å². The first kappa shape index (κ1) is 30.0. The van der Waals surface area contributed by atoms with Gasteiger partial charge in [0.05, 0.1) is 12.2 Å². The van der Waals surface area contributed by atoms with Gasteiger partial charge in [-0.05, 0) is 68.5 Å². The highest BCUT2D eigenvalue weighted by Gasteiger charge is 2.26. The van der Waals surface area contributed by atoms with Gasteiger partial charge in [-0.15, -0.1) is 0 Å². The number of benzene rings is 2. The van der Waals surface area contributed by atoms with E-state index in [0.29, 0.717) is 53.4 Å². The Morgan fingerprint density at radius 3 is 2.57 bits per heavy atom. The van der Waals surface area contributed by atoms with Gasteiger partial charge in [0.2, 0.25) is 17.6 Å². The third-order valence-corrected chi connectivity index (χ3v) is 8.24. The minimum Gasteiger partial charge on any atom is -0.493 e. The molecule has 1 N–H and O–H groups in total. The first-order valence-electron chi connectivity index (χ1n) is 14.7. The van der Waals surface area contributed by atoms with Crippen LogP contribution in [-0.2, 0) is 11.2 Å². The van der Waals surface area contributed by atoms with Crippen LogP contribution in [0.25, 0.3) is 11.4 Å². The molecule has 9 nitrogen and oxygen atoms in total. The van der Waals surface area contributed by atoms with Crippen molar-refractivity contribution in [2.24, 2.45) is 5.92 Å². The molecule has 1 aromatic heterocycles. The molecular formula is C31H37ClFN5O4. The number of nitrogens with zero attached hydrogens (tertiary/aromatic N) is 4. The number of aromatic nitrogens is 2. The number of piperazine rings is 1. The van der Waals surface area contributed by atoms with Crippen molar-refractivity contribution in [3.8, 4) is 17.1 Å². The number of carbonyl (C=O) groups excluding carboxylic acids is 2. The zero-order valence-electron chi connectivity index (χ0n) is 23.9. The van der Waals surface area contributed by atoms with Crippen LogP contribution in [0.2, 0.25) is 5.02 Å². The summed E-state index contributed by atoms with van der Waals surface area (Å²) in [6, 6.07) is 10.6. The lowest BCUT2D eigenvalue weighted by Crippen LogP contribution is -2.54. The lowest BCUT2D eigenvalue weighted by Gasteiger charge is -2.36. The average molecular weight is 598 g/mol. The predicted molar refractivity (Wildman–Crippen MR) is 157 cm³/mol. The van der Waals surface area contributed by atoms with Gasteiger partial charge in [0.15, 0.2) is 0 Å². The van der Waals surface area contributed by atoms with E-state index in [4.69, 9.17) is 20.9 Å². The quantitative estimate of drug-likeness (QED) is 0.311. The SMILES string of the molecule is C[C@@H](NC(=O)c1ccc(Cl)cc1)C(=O)N1CCN(CCCOc2ccc(-c3noc(CC4CCCC4)n3)c(F)c2)CC1. The first-order chi connectivity index (χ1) is 20.4. The summed E-state index contributed by atoms with van der Waals surface area (Å²) in [7, 11) is 0. The first-order valence-corrected chi connectivity index (χ1v) is 15.1. The van der Waals surface area contributed by atoms with Crippen molar-refractivity contribution < 1.29 is 23.2 Å². The van der Waals surface area contributed by atoms with Crippen molar-refractivity contribution in [3.05, 3.63) is 64.8 Å². The van der Waals surface area contributed by atoms with Crippen LogP contribution in [0.5, 0.6) is 5.75 Å². The molecule has 1 saturated carbocycles. The molecule has 2 aromatic carbocycles. The molecule has 1 atom stereocenters. The van der Waals surface area contributed by atoms with Crippen LogP contribution in [0.1, 0.15) is 55.3 Å². The number of halogens is 2. The van der Waals surface area contributed by atoms with E-state index in [1.807, 2.05) is 0 Å². The molecule has 1 aliphatic heterocycles. The molecule has 2 heterocycles. The number of amides is 2. The molecule has 2 amide bonds. The van der Waals surface area contributed by atoms with E-state index in [0.717, 1.165) is 32.5 Å². The second-order valence-corrected chi connectivity index (χ2v) is 11.5. The highest BCUT2D eigenvalue weighted by Crippen LogP contribution is 2.29. The van der Waals surface area contributed by atoms with E-state index in [9.17, 15) is 14.0 Å². The summed E-state index contributed by atoms with van der Waals surface area (Å²) >= 11 is 5.88. The summed E-state index contributed by atoms with van der Waals surface area (Å²) < 4.78 is 26.0. The molecule has 0 bridgehead atoms. The van der Waals surface area contributed by atoms with Gasteiger partial charge in [-0.1, -0.05) is 29.6 Å². The molecular weight excluding hydrogens is 561 g/mol. The van der Waals surface area contributed by atoms with Gasteiger partial charge in [-0.25, -0.2) is 4.39 Å². The van der Waals surface area contributed by atoms with E-state index >= 15 is 0 Å². The van der Waals surface area contributed by atoms with Crippen LogP contribution in [0.3, 0.4) is 0 Å². The fourth-order valence-electron chi connectivity index (χ4n) is 5.56. The maximum atomic E-state index is 14.8. The van der Waals surface area contributed by atoms with Gasteiger partial charge in [0, 0.05) is 55.8 Å². The molecule has 5 rings (SSSR count). The summed E-state index contributed by atoms with van der Waals surface area (Å²) in [6.45, 7) is 5.60. The number of hydrogen-bond donors (Lipinski definition) is 1. The van der Waals surface area contributed by atoms with Crippen LogP contribution in [0.15, 0.2) is 47.0 Å². The number of rotatable bonds is 11. The van der Waals surface area contributed by atoms with Gasteiger partial charge in [0.25, 0.3) is 5.91 Å². The minimum absolute atomic E-state index is 0.100. The third-order valence-electron chi connectivity index (χ3n) is 7.98. The lowest BCUT2D eigenvalue weighted by molar-refractivity contribution is -0.134. The standard InChI is InChI=1S/C31H37ClFN5O4/c1-21(34-30(39)23-7-9-24(32)10-8-23)31(40)38-16-14-37(15-17-38)13-4-18-41-25-11-12-26(27(33)20-25)29-35-28(42-36-29)19-22-5-2-3-6-22/h7-12,20-22H,2-6,13-19H2,1H3,(H,34,39)/t21-/m1/s1. The molecule has 11 heteroatoms. The van der Waals surface area contributed by atoms with Gasteiger partial charge >= 0.3 is 0 Å². The average Bonchev–Trinajstić information content (AvgIpc) is 3.68. The molecule has 0 spiro atoms. The van der Waals surface area contributed by atoms with E-state index in [2.05, 4.69) is 20.4 Å². The second kappa shape index (κ2) is 14.1. The van der Waals surface area contributed by atoms with Gasteiger partial charge in [-0.3, -0.25) is 14.5 Å². The van der Waals surface area contributed by atoms with Crippen LogP contribution < -0.4 is 10.1 Å². The Morgan fingerprint density at radius 1 is 1.12 bits per heavy atom. The van der Waals surface area contributed by atoms with Gasteiger partial charge < -0.3 is 19.5 Å². The number of ether oxygens (including phenoxy) is 1. The third kappa shape index (κ3) is 7.86. The Labute approximate surface area is 250 Å². The summed E-state index contributed by atoms with van der Waals surface area (Å²) in [5.74, 6) is 1.02. The molecule has 0 radical (unpaired) electrons. The van der Waals surface area contributed by atoms with Crippen molar-refractivity contribution in [2.75, 3.05) is 39.3 Å². The summed E-state index contributed by atoms with van der Waals surface area (Å²) in [4.78, 5) is 33.8. The van der Waals surface area contributed by atoms with E-state index in [-0.39, 0.29) is 17.6 Å². The minimum atomic E-state index is -0.626.